The number of nitrogens with zero attached hydrogens (tertiary/aromatic N) is 4. The van der Waals surface area contributed by atoms with Gasteiger partial charge in [-0.1, -0.05) is 47.7 Å². The van der Waals surface area contributed by atoms with Crippen molar-refractivity contribution in [3.05, 3.63) is 77.6 Å². The lowest BCUT2D eigenvalue weighted by molar-refractivity contribution is -0.144. The standard InChI is InChI=1S/C35H42N8O7/c1-21(36-2)30(44)37-20-35(12-13-35)34(49)42-18-25-16-29(42)32(46)38-27(14-22-6-4-3-5-7-22)31(45)39-28(33(47)48)15-23-8-10-26(11-9-23)50-19-24-17-43(25)41-40-24/h3-11,17,21,25,27-29,36H,12-16,18-20H2,1-2H3,(H,37,44)(H,38,46)(H,39,45)(H,47,48)/t21-,25-,27-,28-,29-/m0/s1. The number of likely N-dealkylation sites (tertiary alicyclic amines) is 1. The summed E-state index contributed by atoms with van der Waals surface area (Å²) < 4.78 is 7.52. The first-order valence-electron chi connectivity index (χ1n) is 16.8. The van der Waals surface area contributed by atoms with Crippen LogP contribution in [0.15, 0.2) is 60.8 Å². The molecule has 1 aliphatic carbocycles. The molecule has 2 aromatic carbocycles. The summed E-state index contributed by atoms with van der Waals surface area (Å²) in [4.78, 5) is 68.7. The smallest absolute Gasteiger partial charge is 0.326 e. The summed E-state index contributed by atoms with van der Waals surface area (Å²) in [7, 11) is 1.68. The molecule has 6 bridgehead atoms. The van der Waals surface area contributed by atoms with Crippen LogP contribution in [-0.4, -0.2) is 98.9 Å². The number of nitrogens with one attached hydrogen (secondary N) is 4. The van der Waals surface area contributed by atoms with E-state index in [1.807, 2.05) is 30.3 Å². The zero-order valence-corrected chi connectivity index (χ0v) is 28.0. The minimum Gasteiger partial charge on any atom is -0.487 e. The molecular formula is C35H42N8O7. The molecule has 4 heterocycles. The molecule has 15 nitrogen and oxygen atoms in total. The van der Waals surface area contributed by atoms with Crippen LogP contribution in [0.5, 0.6) is 5.75 Å². The highest BCUT2D eigenvalue weighted by molar-refractivity contribution is 5.96. The summed E-state index contributed by atoms with van der Waals surface area (Å²) in [6.45, 7) is 2.12. The number of ether oxygens (including phenoxy) is 1. The second-order valence-corrected chi connectivity index (χ2v) is 13.3. The maximum absolute atomic E-state index is 14.3. The molecule has 1 aromatic heterocycles. The molecule has 0 unspecified atom stereocenters. The Labute approximate surface area is 289 Å². The summed E-state index contributed by atoms with van der Waals surface area (Å²) in [5.41, 5.74) is 1.11. The molecule has 3 aliphatic heterocycles. The summed E-state index contributed by atoms with van der Waals surface area (Å²) in [5, 5.41) is 29.9. The number of hydrogen-bond acceptors (Lipinski definition) is 9. The molecule has 264 valence electrons. The molecular weight excluding hydrogens is 644 g/mol. The molecule has 0 radical (unpaired) electrons. The van der Waals surface area contributed by atoms with Crippen LogP contribution in [-0.2, 0) is 43.4 Å². The van der Waals surface area contributed by atoms with Gasteiger partial charge in [0.15, 0.2) is 0 Å². The number of aromatic nitrogens is 3. The van der Waals surface area contributed by atoms with Crippen molar-refractivity contribution in [2.75, 3.05) is 20.1 Å². The van der Waals surface area contributed by atoms with Crippen molar-refractivity contribution in [3.8, 4) is 5.75 Å². The van der Waals surface area contributed by atoms with Crippen molar-refractivity contribution in [2.45, 2.75) is 75.8 Å². The van der Waals surface area contributed by atoms with E-state index in [1.54, 1.807) is 49.1 Å². The Balaban J connectivity index is 1.32. The van der Waals surface area contributed by atoms with Gasteiger partial charge in [0.2, 0.25) is 23.6 Å². The maximum atomic E-state index is 14.3. The van der Waals surface area contributed by atoms with Gasteiger partial charge in [-0.25, -0.2) is 9.48 Å². The van der Waals surface area contributed by atoms with Crippen molar-refractivity contribution in [3.63, 3.8) is 0 Å². The van der Waals surface area contributed by atoms with E-state index in [1.165, 1.54) is 4.90 Å². The summed E-state index contributed by atoms with van der Waals surface area (Å²) in [6, 6.07) is 11.7. The van der Waals surface area contributed by atoms with Crippen LogP contribution in [0.25, 0.3) is 0 Å². The summed E-state index contributed by atoms with van der Waals surface area (Å²) in [6.07, 6.45) is 3.12. The summed E-state index contributed by atoms with van der Waals surface area (Å²) in [5.74, 6) is -2.40. The lowest BCUT2D eigenvalue weighted by Crippen LogP contribution is -2.57. The van der Waals surface area contributed by atoms with Gasteiger partial charge in [-0.15, -0.1) is 5.10 Å². The van der Waals surface area contributed by atoms with Gasteiger partial charge >= 0.3 is 5.97 Å². The Hall–Kier alpha value is -5.31. The number of benzene rings is 2. The minimum atomic E-state index is -1.27. The van der Waals surface area contributed by atoms with Crippen LogP contribution >= 0.6 is 0 Å². The first-order valence-corrected chi connectivity index (χ1v) is 16.8. The molecule has 4 amide bonds. The Morgan fingerprint density at radius 2 is 1.80 bits per heavy atom. The third kappa shape index (κ3) is 7.77. The van der Waals surface area contributed by atoms with E-state index in [0.29, 0.717) is 29.8 Å². The number of carbonyl (C=O) groups is 5. The number of fused-ring (bicyclic) bond motifs is 9. The average Bonchev–Trinajstić information content (AvgIpc) is 3.53. The van der Waals surface area contributed by atoms with Crippen LogP contribution in [0.2, 0.25) is 0 Å². The fourth-order valence-electron chi connectivity index (χ4n) is 6.41. The Bertz CT molecular complexity index is 1730. The number of rotatable bonds is 8. The quantitative estimate of drug-likeness (QED) is 0.221. The molecule has 4 aliphatic rings. The fraction of sp³-hybridized carbons (Fsp3) is 0.457. The van der Waals surface area contributed by atoms with E-state index in [-0.39, 0.29) is 50.8 Å². The van der Waals surface area contributed by atoms with Crippen LogP contribution in [0.3, 0.4) is 0 Å². The van der Waals surface area contributed by atoms with Gasteiger partial charge in [0.05, 0.1) is 23.7 Å². The predicted octanol–water partition coefficient (Wildman–Crippen LogP) is 0.356. The van der Waals surface area contributed by atoms with Crippen molar-refractivity contribution in [1.82, 2.24) is 41.2 Å². The Kier molecular flexibility index (Phi) is 10.1. The number of hydrogen-bond donors (Lipinski definition) is 5. The van der Waals surface area contributed by atoms with Gasteiger partial charge in [-0.3, -0.25) is 19.2 Å². The molecule has 1 saturated heterocycles. The monoisotopic (exact) mass is 686 g/mol. The van der Waals surface area contributed by atoms with Gasteiger partial charge in [-0.2, -0.15) is 0 Å². The second-order valence-electron chi connectivity index (χ2n) is 13.3. The van der Waals surface area contributed by atoms with Crippen LogP contribution in [0, 0.1) is 5.41 Å². The lowest BCUT2D eigenvalue weighted by Gasteiger charge is -2.30. The number of carboxylic acids is 1. The van der Waals surface area contributed by atoms with Crippen LogP contribution < -0.4 is 26.0 Å². The zero-order chi connectivity index (χ0) is 35.4. The molecule has 0 spiro atoms. The number of carbonyl (C=O) groups excluding carboxylic acids is 4. The fourth-order valence-corrected chi connectivity index (χ4v) is 6.41. The molecule has 15 heteroatoms. The van der Waals surface area contributed by atoms with Gasteiger partial charge < -0.3 is 36.0 Å². The average molecular weight is 687 g/mol. The molecule has 2 fully saturated rings. The van der Waals surface area contributed by atoms with Crippen molar-refractivity contribution < 1.29 is 33.8 Å². The lowest BCUT2D eigenvalue weighted by atomic mass is 10.0. The first-order chi connectivity index (χ1) is 24.0. The normalized spacial score (nSPS) is 23.7. The molecule has 50 heavy (non-hydrogen) atoms. The highest BCUT2D eigenvalue weighted by atomic mass is 16.5. The molecule has 5 atom stereocenters. The second kappa shape index (κ2) is 14.7. The highest BCUT2D eigenvalue weighted by Gasteiger charge is 2.55. The number of likely N-dealkylation sites (N-methyl/N-ethyl adjacent to an activating group) is 1. The maximum Gasteiger partial charge on any atom is 0.326 e. The van der Waals surface area contributed by atoms with Crippen LogP contribution in [0.4, 0.5) is 0 Å². The van der Waals surface area contributed by atoms with Crippen LogP contribution in [0.1, 0.15) is 49.0 Å². The van der Waals surface area contributed by atoms with Crippen molar-refractivity contribution in [2.24, 2.45) is 5.41 Å². The van der Waals surface area contributed by atoms with E-state index < -0.39 is 53.4 Å². The van der Waals surface area contributed by atoms with E-state index in [4.69, 9.17) is 4.74 Å². The van der Waals surface area contributed by atoms with Gasteiger partial charge in [0.1, 0.15) is 36.2 Å². The molecule has 1 saturated carbocycles. The third-order valence-corrected chi connectivity index (χ3v) is 9.79. The van der Waals surface area contributed by atoms with Gasteiger partial charge in [0, 0.05) is 32.4 Å². The largest absolute Gasteiger partial charge is 0.487 e. The highest BCUT2D eigenvalue weighted by Crippen LogP contribution is 2.48. The van der Waals surface area contributed by atoms with E-state index in [2.05, 4.69) is 31.6 Å². The topological polar surface area (TPSA) is 197 Å². The van der Waals surface area contributed by atoms with Crippen molar-refractivity contribution in [1.29, 1.82) is 0 Å². The minimum absolute atomic E-state index is 0.0000150. The molecule has 3 aromatic rings. The van der Waals surface area contributed by atoms with Gasteiger partial charge in [-0.05, 0) is 50.1 Å². The summed E-state index contributed by atoms with van der Waals surface area (Å²) >= 11 is 0. The molecule has 5 N–H and O–H groups in total. The SMILES string of the molecule is CN[C@@H](C)C(=O)NCC1(C(=O)N2C[C@@H]3C[C@H]2C(=O)N[C@@H](Cc2ccccc2)C(=O)N[C@H](C(=O)O)Cc2ccc(cc2)OCc2cn3nn2)CC1. The Morgan fingerprint density at radius 1 is 1.06 bits per heavy atom. The Morgan fingerprint density at radius 3 is 2.48 bits per heavy atom. The van der Waals surface area contributed by atoms with E-state index >= 15 is 0 Å². The van der Waals surface area contributed by atoms with Crippen molar-refractivity contribution >= 4 is 29.6 Å². The van der Waals surface area contributed by atoms with E-state index in [0.717, 1.165) is 5.56 Å². The first kappa shape index (κ1) is 34.5. The van der Waals surface area contributed by atoms with Gasteiger partial charge in [0.25, 0.3) is 0 Å². The number of amides is 4. The third-order valence-electron chi connectivity index (χ3n) is 9.79. The number of aliphatic carboxylic acids is 1. The predicted molar refractivity (Wildman–Crippen MR) is 178 cm³/mol. The number of carboxylic acid groups (broad SMARTS) is 1. The zero-order valence-electron chi connectivity index (χ0n) is 28.0. The van der Waals surface area contributed by atoms with E-state index in [9.17, 15) is 29.1 Å². The molecule has 7 rings (SSSR count).